The summed E-state index contributed by atoms with van der Waals surface area (Å²) < 4.78 is 0. The van der Waals surface area contributed by atoms with Crippen molar-refractivity contribution in [3.8, 4) is 6.07 Å². The average molecular weight is 414 g/mol. The van der Waals surface area contributed by atoms with Gasteiger partial charge in [0.25, 0.3) is 0 Å². The number of thiophene rings is 1. The molecule has 1 unspecified atom stereocenters. The van der Waals surface area contributed by atoms with Gasteiger partial charge < -0.3 is 5.32 Å². The van der Waals surface area contributed by atoms with E-state index in [0.717, 1.165) is 67.2 Å². The van der Waals surface area contributed by atoms with Gasteiger partial charge >= 0.3 is 0 Å². The molecule has 0 saturated carbocycles. The molecule has 146 valence electrons. The van der Waals surface area contributed by atoms with Crippen LogP contribution in [0.15, 0.2) is 24.3 Å². The second-order valence-corrected chi connectivity index (χ2v) is 9.11. The molecule has 2 aromatic rings. The van der Waals surface area contributed by atoms with Crippen LogP contribution in [0.1, 0.15) is 47.3 Å². The van der Waals surface area contributed by atoms with E-state index in [-0.39, 0.29) is 5.91 Å². The zero-order valence-electron chi connectivity index (χ0n) is 15.8. The molecule has 1 aromatic carbocycles. The van der Waals surface area contributed by atoms with Crippen molar-refractivity contribution in [1.29, 1.82) is 5.26 Å². The number of aryl methyl sites for hydroxylation is 1. The van der Waals surface area contributed by atoms with E-state index in [9.17, 15) is 10.1 Å². The van der Waals surface area contributed by atoms with E-state index in [2.05, 4.69) is 22.4 Å². The van der Waals surface area contributed by atoms with Crippen molar-refractivity contribution in [3.05, 3.63) is 50.9 Å². The molecule has 1 saturated heterocycles. The molecule has 1 aliphatic heterocycles. The Hall–Kier alpha value is -1.87. The number of hydrogen-bond acceptors (Lipinski definition) is 4. The number of likely N-dealkylation sites (tertiary alicyclic amines) is 1. The highest BCUT2D eigenvalue weighted by Gasteiger charge is 2.26. The minimum absolute atomic E-state index is 0.000169. The lowest BCUT2D eigenvalue weighted by Crippen LogP contribution is -2.33. The standard InChI is InChI=1S/C22H24ClN3OS/c23-19-8-2-1-5-15(19)13-16-6-4-11-26(16)12-10-21(27)25-22-18(14-24)17-7-3-9-20(17)28-22/h1-2,5,8,16H,3-4,6-7,9-13H2,(H,25,27). The van der Waals surface area contributed by atoms with Crippen molar-refractivity contribution >= 4 is 33.8 Å². The molecule has 6 heteroatoms. The molecule has 1 N–H and O–H groups in total. The number of fused-ring (bicyclic) bond motifs is 1. The molecule has 1 atom stereocenters. The summed E-state index contributed by atoms with van der Waals surface area (Å²) in [6.07, 6.45) is 6.79. The van der Waals surface area contributed by atoms with Crippen molar-refractivity contribution < 1.29 is 4.79 Å². The number of rotatable bonds is 6. The van der Waals surface area contributed by atoms with Gasteiger partial charge in [-0.2, -0.15) is 5.26 Å². The van der Waals surface area contributed by atoms with Gasteiger partial charge in [-0.05, 0) is 62.3 Å². The van der Waals surface area contributed by atoms with Gasteiger partial charge in [0, 0.05) is 28.9 Å². The van der Waals surface area contributed by atoms with Crippen LogP contribution in [-0.4, -0.2) is 29.9 Å². The number of anilines is 1. The number of nitrogens with one attached hydrogen (secondary N) is 1. The van der Waals surface area contributed by atoms with E-state index in [1.165, 1.54) is 10.4 Å². The SMILES string of the molecule is N#Cc1c(NC(=O)CCN2CCCC2Cc2ccccc2Cl)sc2c1CCC2. The summed E-state index contributed by atoms with van der Waals surface area (Å²) in [6, 6.07) is 10.7. The number of hydrogen-bond donors (Lipinski definition) is 1. The first-order chi connectivity index (χ1) is 13.7. The fraction of sp³-hybridized carbons (Fsp3) is 0.455. The highest BCUT2D eigenvalue weighted by atomic mass is 35.5. The number of carbonyl (C=O) groups is 1. The van der Waals surface area contributed by atoms with Crippen molar-refractivity contribution in [1.82, 2.24) is 4.90 Å². The van der Waals surface area contributed by atoms with E-state index in [0.29, 0.717) is 18.0 Å². The fourth-order valence-electron chi connectivity index (χ4n) is 4.38. The summed E-state index contributed by atoms with van der Waals surface area (Å²) >= 11 is 7.90. The van der Waals surface area contributed by atoms with E-state index in [1.807, 2.05) is 18.2 Å². The van der Waals surface area contributed by atoms with Gasteiger partial charge in [-0.15, -0.1) is 11.3 Å². The van der Waals surface area contributed by atoms with Crippen LogP contribution >= 0.6 is 22.9 Å². The first-order valence-electron chi connectivity index (χ1n) is 9.97. The zero-order chi connectivity index (χ0) is 19.5. The monoisotopic (exact) mass is 413 g/mol. The van der Waals surface area contributed by atoms with Crippen LogP contribution in [0.5, 0.6) is 0 Å². The maximum absolute atomic E-state index is 12.5. The first-order valence-corrected chi connectivity index (χ1v) is 11.2. The molecule has 2 aliphatic rings. The van der Waals surface area contributed by atoms with Gasteiger partial charge in [-0.1, -0.05) is 29.8 Å². The Labute approximate surface area is 175 Å². The quantitative estimate of drug-likeness (QED) is 0.740. The summed E-state index contributed by atoms with van der Waals surface area (Å²) in [5.41, 5.74) is 3.02. The second-order valence-electron chi connectivity index (χ2n) is 7.60. The van der Waals surface area contributed by atoms with Crippen LogP contribution in [0, 0.1) is 11.3 Å². The number of nitrogens with zero attached hydrogens (tertiary/aromatic N) is 2. The molecule has 1 fully saturated rings. The van der Waals surface area contributed by atoms with Gasteiger partial charge in [0.1, 0.15) is 11.1 Å². The summed E-state index contributed by atoms with van der Waals surface area (Å²) in [7, 11) is 0. The Morgan fingerprint density at radius 2 is 2.18 bits per heavy atom. The fourth-order valence-corrected chi connectivity index (χ4v) is 5.85. The van der Waals surface area contributed by atoms with Gasteiger partial charge in [0.15, 0.2) is 0 Å². The van der Waals surface area contributed by atoms with Crippen molar-refractivity contribution in [2.24, 2.45) is 0 Å². The van der Waals surface area contributed by atoms with Crippen LogP contribution < -0.4 is 5.32 Å². The molecular formula is C22H24ClN3OS. The van der Waals surface area contributed by atoms with Gasteiger partial charge in [-0.25, -0.2) is 0 Å². The lowest BCUT2D eigenvalue weighted by molar-refractivity contribution is -0.116. The normalized spacial score (nSPS) is 18.8. The van der Waals surface area contributed by atoms with Crippen molar-refractivity contribution in [2.75, 3.05) is 18.4 Å². The molecule has 4 rings (SSSR count). The third-order valence-electron chi connectivity index (χ3n) is 5.82. The first kappa shape index (κ1) is 19.4. The molecule has 1 aromatic heterocycles. The largest absolute Gasteiger partial charge is 0.317 e. The summed E-state index contributed by atoms with van der Waals surface area (Å²) in [5, 5.41) is 14.0. The minimum atomic E-state index is -0.000169. The van der Waals surface area contributed by atoms with Gasteiger partial charge in [-0.3, -0.25) is 9.69 Å². The Bertz CT molecular complexity index is 917. The second kappa shape index (κ2) is 8.65. The Kier molecular flexibility index (Phi) is 6.01. The van der Waals surface area contributed by atoms with E-state index in [4.69, 9.17) is 11.6 Å². The molecule has 0 bridgehead atoms. The molecule has 2 heterocycles. The van der Waals surface area contributed by atoms with Crippen LogP contribution in [0.3, 0.4) is 0 Å². The van der Waals surface area contributed by atoms with Crippen LogP contribution in [0.2, 0.25) is 5.02 Å². The van der Waals surface area contributed by atoms with Crippen LogP contribution in [0.4, 0.5) is 5.00 Å². The lowest BCUT2D eigenvalue weighted by Gasteiger charge is -2.24. The Morgan fingerprint density at radius 1 is 1.32 bits per heavy atom. The maximum Gasteiger partial charge on any atom is 0.226 e. The molecule has 1 aliphatic carbocycles. The predicted molar refractivity (Wildman–Crippen MR) is 114 cm³/mol. The Morgan fingerprint density at radius 3 is 3.00 bits per heavy atom. The summed E-state index contributed by atoms with van der Waals surface area (Å²) in [6.45, 7) is 1.77. The molecule has 1 amide bonds. The predicted octanol–water partition coefficient (Wildman–Crippen LogP) is 4.80. The zero-order valence-corrected chi connectivity index (χ0v) is 17.4. The van der Waals surface area contributed by atoms with Gasteiger partial charge in [0.2, 0.25) is 5.91 Å². The van der Waals surface area contributed by atoms with E-state index < -0.39 is 0 Å². The van der Waals surface area contributed by atoms with Crippen LogP contribution in [0.25, 0.3) is 0 Å². The van der Waals surface area contributed by atoms with Crippen LogP contribution in [-0.2, 0) is 24.1 Å². The molecule has 0 spiro atoms. The van der Waals surface area contributed by atoms with E-state index in [1.54, 1.807) is 11.3 Å². The Balaban J connectivity index is 1.33. The summed E-state index contributed by atoms with van der Waals surface area (Å²) in [5.74, 6) is -0.000169. The van der Waals surface area contributed by atoms with Crippen molar-refractivity contribution in [2.45, 2.75) is 51.0 Å². The number of benzene rings is 1. The smallest absolute Gasteiger partial charge is 0.226 e. The number of nitriles is 1. The average Bonchev–Trinajstić information content (AvgIpc) is 3.38. The molecular weight excluding hydrogens is 390 g/mol. The van der Waals surface area contributed by atoms with Gasteiger partial charge in [0.05, 0.1) is 5.56 Å². The number of carbonyl (C=O) groups excluding carboxylic acids is 1. The number of amides is 1. The third-order valence-corrected chi connectivity index (χ3v) is 7.40. The highest BCUT2D eigenvalue weighted by Crippen LogP contribution is 2.38. The molecule has 4 nitrogen and oxygen atoms in total. The topological polar surface area (TPSA) is 56.1 Å². The molecule has 0 radical (unpaired) electrons. The summed E-state index contributed by atoms with van der Waals surface area (Å²) in [4.78, 5) is 16.2. The highest BCUT2D eigenvalue weighted by molar-refractivity contribution is 7.16. The maximum atomic E-state index is 12.5. The lowest BCUT2D eigenvalue weighted by atomic mass is 10.0. The number of halogens is 1. The molecule has 28 heavy (non-hydrogen) atoms. The minimum Gasteiger partial charge on any atom is -0.317 e. The third kappa shape index (κ3) is 4.10. The van der Waals surface area contributed by atoms with Crippen molar-refractivity contribution in [3.63, 3.8) is 0 Å². The van der Waals surface area contributed by atoms with E-state index >= 15 is 0 Å².